The largest absolute Gasteiger partial charge is 0.322 e. The van der Waals surface area contributed by atoms with Crippen LogP contribution in [0.1, 0.15) is 26.2 Å². The zero-order valence-corrected chi connectivity index (χ0v) is 11.0. The van der Waals surface area contributed by atoms with Crippen LogP contribution >= 0.6 is 11.6 Å². The number of carbonyl (C=O) groups excluding carboxylic acids is 1. The molecule has 1 saturated heterocycles. The summed E-state index contributed by atoms with van der Waals surface area (Å²) in [5, 5.41) is 2.95. The number of nitrogens with zero attached hydrogens (tertiary/aromatic N) is 1. The van der Waals surface area contributed by atoms with E-state index in [0.29, 0.717) is 11.7 Å². The quantitative estimate of drug-likeness (QED) is 0.869. The summed E-state index contributed by atoms with van der Waals surface area (Å²) in [7, 11) is 0. The first-order valence-electron chi connectivity index (χ1n) is 6.14. The van der Waals surface area contributed by atoms with Crippen molar-refractivity contribution >= 4 is 23.3 Å². The zero-order chi connectivity index (χ0) is 13.1. The lowest BCUT2D eigenvalue weighted by Crippen LogP contribution is -2.38. The molecule has 1 atom stereocenters. The van der Waals surface area contributed by atoms with Gasteiger partial charge in [0.1, 0.15) is 5.82 Å². The van der Waals surface area contributed by atoms with E-state index in [0.717, 1.165) is 25.8 Å². The fourth-order valence-electron chi connectivity index (χ4n) is 2.31. The summed E-state index contributed by atoms with van der Waals surface area (Å²) in [6.07, 6.45) is 3.02. The van der Waals surface area contributed by atoms with Crippen molar-refractivity contribution in [2.24, 2.45) is 0 Å². The van der Waals surface area contributed by atoms with Gasteiger partial charge in [0.2, 0.25) is 0 Å². The number of likely N-dealkylation sites (tertiary alicyclic amines) is 1. The standard InChI is InChI=1S/C13H16ClFN2O/c1-2-10-4-3-7-17(10)13(18)16-12-6-5-9(15)8-11(12)14/h5-6,8,10H,2-4,7H2,1H3,(H,16,18)/t10-/m0/s1. The average Bonchev–Trinajstić information content (AvgIpc) is 2.81. The van der Waals surface area contributed by atoms with Crippen molar-refractivity contribution in [3.8, 4) is 0 Å². The van der Waals surface area contributed by atoms with Crippen LogP contribution < -0.4 is 5.32 Å². The number of urea groups is 1. The van der Waals surface area contributed by atoms with Crippen molar-refractivity contribution in [3.05, 3.63) is 29.0 Å². The molecular formula is C13H16ClFN2O. The van der Waals surface area contributed by atoms with Gasteiger partial charge in [0.15, 0.2) is 0 Å². The van der Waals surface area contributed by atoms with E-state index in [-0.39, 0.29) is 11.1 Å². The van der Waals surface area contributed by atoms with Crippen LogP contribution in [0.5, 0.6) is 0 Å². The first-order valence-corrected chi connectivity index (χ1v) is 6.52. The Hall–Kier alpha value is -1.29. The van der Waals surface area contributed by atoms with Crippen LogP contribution in [0.3, 0.4) is 0 Å². The van der Waals surface area contributed by atoms with Crippen molar-refractivity contribution in [1.82, 2.24) is 4.90 Å². The summed E-state index contributed by atoms with van der Waals surface area (Å²) < 4.78 is 12.9. The second-order valence-electron chi connectivity index (χ2n) is 4.45. The summed E-state index contributed by atoms with van der Waals surface area (Å²) in [5.74, 6) is -0.411. The Morgan fingerprint density at radius 3 is 3.06 bits per heavy atom. The smallest absolute Gasteiger partial charge is 0.322 e. The van der Waals surface area contributed by atoms with Crippen LogP contribution in [-0.4, -0.2) is 23.5 Å². The van der Waals surface area contributed by atoms with Gasteiger partial charge in [0, 0.05) is 12.6 Å². The van der Waals surface area contributed by atoms with Crippen molar-refractivity contribution in [2.75, 3.05) is 11.9 Å². The van der Waals surface area contributed by atoms with E-state index < -0.39 is 5.82 Å². The van der Waals surface area contributed by atoms with E-state index in [1.54, 1.807) is 0 Å². The number of rotatable bonds is 2. The molecule has 0 bridgehead atoms. The van der Waals surface area contributed by atoms with Gasteiger partial charge < -0.3 is 10.2 Å². The Labute approximate surface area is 111 Å². The molecule has 2 rings (SSSR count). The summed E-state index contributed by atoms with van der Waals surface area (Å²) in [5.41, 5.74) is 0.449. The van der Waals surface area contributed by atoms with Gasteiger partial charge in [-0.15, -0.1) is 0 Å². The van der Waals surface area contributed by atoms with E-state index >= 15 is 0 Å². The van der Waals surface area contributed by atoms with Crippen LogP contribution in [0.4, 0.5) is 14.9 Å². The molecule has 0 saturated carbocycles. The molecule has 1 aliphatic rings. The maximum absolute atomic E-state index is 12.9. The number of hydrogen-bond acceptors (Lipinski definition) is 1. The van der Waals surface area contributed by atoms with Crippen LogP contribution in [0, 0.1) is 5.82 Å². The summed E-state index contributed by atoms with van der Waals surface area (Å²) in [4.78, 5) is 13.9. The molecule has 0 unspecified atom stereocenters. The number of benzene rings is 1. The molecular weight excluding hydrogens is 255 g/mol. The molecule has 1 aliphatic heterocycles. The molecule has 0 aliphatic carbocycles. The van der Waals surface area contributed by atoms with Gasteiger partial charge in [-0.1, -0.05) is 18.5 Å². The van der Waals surface area contributed by atoms with Gasteiger partial charge in [0.05, 0.1) is 10.7 Å². The average molecular weight is 271 g/mol. The predicted molar refractivity (Wildman–Crippen MR) is 70.4 cm³/mol. The van der Waals surface area contributed by atoms with Crippen LogP contribution in [-0.2, 0) is 0 Å². The molecule has 1 aromatic carbocycles. The highest BCUT2D eigenvalue weighted by Gasteiger charge is 2.27. The third-order valence-electron chi connectivity index (χ3n) is 3.28. The lowest BCUT2D eigenvalue weighted by molar-refractivity contribution is 0.205. The monoisotopic (exact) mass is 270 g/mol. The van der Waals surface area contributed by atoms with Gasteiger partial charge in [-0.3, -0.25) is 0 Å². The zero-order valence-electron chi connectivity index (χ0n) is 10.2. The summed E-state index contributed by atoms with van der Waals surface area (Å²) in [6, 6.07) is 4.09. The number of hydrogen-bond donors (Lipinski definition) is 1. The Morgan fingerprint density at radius 1 is 1.61 bits per heavy atom. The summed E-state index contributed by atoms with van der Waals surface area (Å²) >= 11 is 5.88. The third kappa shape index (κ3) is 2.75. The number of halogens is 2. The highest BCUT2D eigenvalue weighted by Crippen LogP contribution is 2.25. The SMILES string of the molecule is CC[C@H]1CCCN1C(=O)Nc1ccc(F)cc1Cl. The highest BCUT2D eigenvalue weighted by atomic mass is 35.5. The third-order valence-corrected chi connectivity index (χ3v) is 3.59. The van der Waals surface area contributed by atoms with Crippen LogP contribution in [0.15, 0.2) is 18.2 Å². The van der Waals surface area contributed by atoms with E-state index in [4.69, 9.17) is 11.6 Å². The number of carbonyl (C=O) groups is 1. The first kappa shape index (κ1) is 13.1. The normalized spacial score (nSPS) is 19.1. The number of nitrogens with one attached hydrogen (secondary N) is 1. The molecule has 0 spiro atoms. The molecule has 1 N–H and O–H groups in total. The van der Waals surface area contributed by atoms with E-state index in [1.165, 1.54) is 18.2 Å². The lowest BCUT2D eigenvalue weighted by Gasteiger charge is -2.24. The van der Waals surface area contributed by atoms with Gasteiger partial charge in [0.25, 0.3) is 0 Å². The molecule has 1 fully saturated rings. The van der Waals surface area contributed by atoms with Crippen molar-refractivity contribution < 1.29 is 9.18 Å². The van der Waals surface area contributed by atoms with Crippen molar-refractivity contribution in [3.63, 3.8) is 0 Å². The topological polar surface area (TPSA) is 32.3 Å². The van der Waals surface area contributed by atoms with E-state index in [1.807, 2.05) is 4.90 Å². The van der Waals surface area contributed by atoms with Crippen molar-refractivity contribution in [2.45, 2.75) is 32.2 Å². The van der Waals surface area contributed by atoms with E-state index in [2.05, 4.69) is 12.2 Å². The molecule has 1 heterocycles. The maximum Gasteiger partial charge on any atom is 0.322 e. The highest BCUT2D eigenvalue weighted by molar-refractivity contribution is 6.33. The van der Waals surface area contributed by atoms with Gasteiger partial charge in [-0.25, -0.2) is 9.18 Å². The van der Waals surface area contributed by atoms with Crippen LogP contribution in [0.25, 0.3) is 0 Å². The molecule has 18 heavy (non-hydrogen) atoms. The van der Waals surface area contributed by atoms with Crippen LogP contribution in [0.2, 0.25) is 5.02 Å². The van der Waals surface area contributed by atoms with Crippen molar-refractivity contribution in [1.29, 1.82) is 0 Å². The minimum atomic E-state index is -0.411. The Bertz CT molecular complexity index is 453. The molecule has 1 aromatic rings. The van der Waals surface area contributed by atoms with Gasteiger partial charge in [-0.05, 0) is 37.5 Å². The molecule has 3 nitrogen and oxygen atoms in total. The Morgan fingerprint density at radius 2 is 2.39 bits per heavy atom. The number of anilines is 1. The van der Waals surface area contributed by atoms with E-state index in [9.17, 15) is 9.18 Å². The second-order valence-corrected chi connectivity index (χ2v) is 4.86. The maximum atomic E-state index is 12.9. The molecule has 98 valence electrons. The Balaban J connectivity index is 2.07. The number of amides is 2. The molecule has 0 radical (unpaired) electrons. The summed E-state index contributed by atoms with van der Waals surface area (Å²) in [6.45, 7) is 2.84. The molecule has 5 heteroatoms. The predicted octanol–water partition coefficient (Wildman–Crippen LogP) is 3.89. The molecule has 2 amide bonds. The fraction of sp³-hybridized carbons (Fsp3) is 0.462. The minimum absolute atomic E-state index is 0.159. The lowest BCUT2D eigenvalue weighted by atomic mass is 10.2. The fourth-order valence-corrected chi connectivity index (χ4v) is 2.52. The first-order chi connectivity index (χ1) is 8.61. The minimum Gasteiger partial charge on any atom is -0.322 e. The second kappa shape index (κ2) is 5.57. The molecule has 0 aromatic heterocycles. The van der Waals surface area contributed by atoms with Gasteiger partial charge in [-0.2, -0.15) is 0 Å². The van der Waals surface area contributed by atoms with Gasteiger partial charge >= 0.3 is 6.03 Å². The Kier molecular flexibility index (Phi) is 4.07.